The van der Waals surface area contributed by atoms with Crippen molar-refractivity contribution in [2.24, 2.45) is 35.0 Å². The van der Waals surface area contributed by atoms with Crippen molar-refractivity contribution in [1.29, 1.82) is 0 Å². The summed E-state index contributed by atoms with van der Waals surface area (Å²) in [6.07, 6.45) is -2.53. The number of likely N-dealkylation sites (tertiary alicyclic amines) is 2. The van der Waals surface area contributed by atoms with Crippen LogP contribution in [0.5, 0.6) is 0 Å². The lowest BCUT2D eigenvalue weighted by Crippen LogP contribution is -2.61. The fourth-order valence-corrected chi connectivity index (χ4v) is 9.49. The molecular weight excluding hydrogens is 1120 g/mol. The Kier molecular flexibility index (Phi) is 30.4. The van der Waals surface area contributed by atoms with Gasteiger partial charge in [0.2, 0.25) is 65.0 Å². The van der Waals surface area contributed by atoms with Gasteiger partial charge in [0.25, 0.3) is 0 Å². The summed E-state index contributed by atoms with van der Waals surface area (Å²) in [5.74, 6) is -17.6. The number of nitrogens with one attached hydrogen (secondary N) is 8. The first kappa shape index (κ1) is 73.1. The molecule has 0 aromatic carbocycles. The molecule has 85 heavy (non-hydrogen) atoms. The monoisotopic (exact) mass is 1210 g/mol. The Morgan fingerprint density at radius 1 is 0.471 bits per heavy atom. The molecule has 0 radical (unpaired) electrons. The Balaban J connectivity index is 2.37. The number of nitrogens with two attached hydrogens (primary N) is 3. The van der Waals surface area contributed by atoms with E-state index in [1.165, 1.54) is 16.7 Å². The standard InChI is InChI=1S/C53H87N13O19/c1-25(2)22-32(61-48(79)35-13-11-21-66(35)52(83)42(27(5)6)64-49(80)36-14-10-20-65(36)51(82)31(16-18-38(68)69)59-43(74)28(7)55)47(78)63-41(26(3)4)50(81)58-29(12-8-9-19-54)44(75)57-30(15-17-37(56)67)45(76)60-33(23-39(70)71)46(77)62-34(53(84)85)24-40(72)73/h25-36,41-42H,8-24,54-55H2,1-7H3,(H2,56,67)(H,57,75)(H,58,81)(H,59,74)(H,60,76)(H,61,79)(H,62,77)(H,63,78)(H,64,80)(H,68,69)(H,70,71)(H,72,73)(H,84,85)/t28-,29-,30-,31-,32-,33-,34-,35-,36-,41-,42-/m0/s1. The number of carbonyl (C=O) groups is 15. The number of primary amides is 1. The number of hydrogen-bond donors (Lipinski definition) is 15. The average Bonchev–Trinajstić information content (AvgIpc) is 4.37. The van der Waals surface area contributed by atoms with Crippen LogP contribution >= 0.6 is 0 Å². The largest absolute Gasteiger partial charge is 0.481 e. The molecule has 18 N–H and O–H groups in total. The third-order valence-corrected chi connectivity index (χ3v) is 14.1. The van der Waals surface area contributed by atoms with Gasteiger partial charge in [-0.25, -0.2) is 4.79 Å². The van der Waals surface area contributed by atoms with E-state index in [1.807, 2.05) is 5.32 Å². The summed E-state index contributed by atoms with van der Waals surface area (Å²) < 4.78 is 0. The minimum atomic E-state index is -2.04. The van der Waals surface area contributed by atoms with E-state index in [4.69, 9.17) is 22.3 Å². The van der Waals surface area contributed by atoms with E-state index in [2.05, 4.69) is 37.2 Å². The Morgan fingerprint density at radius 2 is 0.918 bits per heavy atom. The van der Waals surface area contributed by atoms with Crippen LogP contribution < -0.4 is 59.7 Å². The number of amides is 11. The first-order chi connectivity index (χ1) is 39.7. The van der Waals surface area contributed by atoms with E-state index in [9.17, 15) is 87.2 Å². The van der Waals surface area contributed by atoms with Crippen molar-refractivity contribution in [3.05, 3.63) is 0 Å². The zero-order chi connectivity index (χ0) is 64.6. The van der Waals surface area contributed by atoms with Crippen molar-refractivity contribution in [2.75, 3.05) is 19.6 Å². The van der Waals surface area contributed by atoms with Gasteiger partial charge in [0.1, 0.15) is 60.4 Å². The van der Waals surface area contributed by atoms with Crippen molar-refractivity contribution < 1.29 is 92.3 Å². The Labute approximate surface area is 491 Å². The molecule has 2 aliphatic rings. The molecule has 0 spiro atoms. The first-order valence-corrected chi connectivity index (χ1v) is 28.4. The predicted octanol–water partition coefficient (Wildman–Crippen LogP) is -4.15. The lowest BCUT2D eigenvalue weighted by molar-refractivity contribution is -0.148. The van der Waals surface area contributed by atoms with Gasteiger partial charge in [0, 0.05) is 25.9 Å². The van der Waals surface area contributed by atoms with Gasteiger partial charge in [-0.1, -0.05) is 41.5 Å². The van der Waals surface area contributed by atoms with E-state index in [1.54, 1.807) is 41.5 Å². The molecule has 2 heterocycles. The van der Waals surface area contributed by atoms with E-state index < -0.39 is 199 Å². The van der Waals surface area contributed by atoms with Crippen LogP contribution in [0.3, 0.4) is 0 Å². The van der Waals surface area contributed by atoms with Gasteiger partial charge < -0.3 is 90.0 Å². The minimum Gasteiger partial charge on any atom is -0.481 e. The smallest absolute Gasteiger partial charge is 0.326 e. The van der Waals surface area contributed by atoms with Gasteiger partial charge in [-0.15, -0.1) is 0 Å². The summed E-state index contributed by atoms with van der Waals surface area (Å²) in [6, 6.07) is -15.8. The molecule has 0 aromatic heterocycles. The Bertz CT molecular complexity index is 2440. The predicted molar refractivity (Wildman–Crippen MR) is 298 cm³/mol. The first-order valence-electron chi connectivity index (χ1n) is 28.4. The number of carboxylic acid groups (broad SMARTS) is 4. The molecule has 0 unspecified atom stereocenters. The van der Waals surface area contributed by atoms with Crippen molar-refractivity contribution in [3.63, 3.8) is 0 Å². The molecule has 0 bridgehead atoms. The fourth-order valence-electron chi connectivity index (χ4n) is 9.49. The molecular formula is C53H87N13O19. The molecule has 0 saturated carbocycles. The molecule has 32 heteroatoms. The summed E-state index contributed by atoms with van der Waals surface area (Å²) in [4.78, 5) is 199. The summed E-state index contributed by atoms with van der Waals surface area (Å²) in [6.45, 7) is 11.8. The molecule has 2 saturated heterocycles. The van der Waals surface area contributed by atoms with Gasteiger partial charge in [0.15, 0.2) is 0 Å². The van der Waals surface area contributed by atoms with Gasteiger partial charge in [-0.3, -0.25) is 67.1 Å². The molecule has 0 aliphatic carbocycles. The van der Waals surface area contributed by atoms with Crippen LogP contribution in [0, 0.1) is 17.8 Å². The van der Waals surface area contributed by atoms with Gasteiger partial charge in [0.05, 0.1) is 18.9 Å². The SMILES string of the molecule is CC(C)C[C@H](NC(=O)[C@@H]1CCCN1C(=O)[C@@H](NC(=O)[C@@H]1CCCN1C(=O)[C@H](CCC(=O)O)NC(=O)[C@H](C)N)C(C)C)C(=O)N[C@H](C(=O)N[C@@H](CCCCN)C(=O)N[C@@H](CCC(N)=O)C(=O)N[C@@H](CC(=O)O)C(=O)N[C@@H](CC(=O)O)C(=O)O)C(C)C. The van der Waals surface area contributed by atoms with Crippen LogP contribution in [0.25, 0.3) is 0 Å². The topological polar surface area (TPSA) is 518 Å². The number of aliphatic carboxylic acids is 4. The molecule has 2 rings (SSSR count). The van der Waals surface area contributed by atoms with E-state index >= 15 is 0 Å². The second kappa shape index (κ2) is 35.3. The maximum absolute atomic E-state index is 14.4. The average molecular weight is 1210 g/mol. The minimum absolute atomic E-state index is 0.0361. The quantitative estimate of drug-likeness (QED) is 0.0263. The summed E-state index contributed by atoms with van der Waals surface area (Å²) in [5.41, 5.74) is 16.7. The normalized spacial score (nSPS) is 18.0. The third-order valence-electron chi connectivity index (χ3n) is 14.1. The number of unbranched alkanes of at least 4 members (excludes halogenated alkanes) is 1. The van der Waals surface area contributed by atoms with Crippen molar-refractivity contribution >= 4 is 88.9 Å². The molecule has 2 aliphatic heterocycles. The molecule has 11 amide bonds. The fraction of sp³-hybridized carbons (Fsp3) is 0.717. The number of nitrogens with zero attached hydrogens (tertiary/aromatic N) is 2. The number of rotatable bonds is 37. The highest BCUT2D eigenvalue weighted by atomic mass is 16.4. The van der Waals surface area contributed by atoms with E-state index in [0.29, 0.717) is 19.3 Å². The van der Waals surface area contributed by atoms with Crippen molar-refractivity contribution in [1.82, 2.24) is 52.3 Å². The van der Waals surface area contributed by atoms with Crippen molar-refractivity contribution in [3.8, 4) is 0 Å². The van der Waals surface area contributed by atoms with Crippen LogP contribution in [0.15, 0.2) is 0 Å². The highest BCUT2D eigenvalue weighted by Gasteiger charge is 2.44. The summed E-state index contributed by atoms with van der Waals surface area (Å²) in [7, 11) is 0. The maximum atomic E-state index is 14.4. The molecule has 32 nitrogen and oxygen atoms in total. The zero-order valence-corrected chi connectivity index (χ0v) is 49.1. The highest BCUT2D eigenvalue weighted by molar-refractivity contribution is 6.00. The van der Waals surface area contributed by atoms with Crippen LogP contribution in [0.2, 0.25) is 0 Å². The summed E-state index contributed by atoms with van der Waals surface area (Å²) in [5, 5.41) is 56.8. The van der Waals surface area contributed by atoms with Crippen LogP contribution in [-0.4, -0.2) is 205 Å². The maximum Gasteiger partial charge on any atom is 0.326 e. The highest BCUT2D eigenvalue weighted by Crippen LogP contribution is 2.24. The van der Waals surface area contributed by atoms with Crippen LogP contribution in [-0.2, 0) is 71.9 Å². The van der Waals surface area contributed by atoms with Gasteiger partial charge in [-0.2, -0.15) is 0 Å². The van der Waals surface area contributed by atoms with E-state index in [0.717, 1.165) is 0 Å². The lowest BCUT2D eigenvalue weighted by Gasteiger charge is -2.33. The van der Waals surface area contributed by atoms with Gasteiger partial charge >= 0.3 is 23.9 Å². The molecule has 11 atom stereocenters. The van der Waals surface area contributed by atoms with E-state index in [-0.39, 0.29) is 64.1 Å². The Hall–Kier alpha value is -8.03. The zero-order valence-electron chi connectivity index (χ0n) is 49.1. The Morgan fingerprint density at radius 3 is 1.40 bits per heavy atom. The lowest BCUT2D eigenvalue weighted by atomic mass is 9.98. The van der Waals surface area contributed by atoms with Crippen LogP contribution in [0.4, 0.5) is 0 Å². The molecule has 478 valence electrons. The van der Waals surface area contributed by atoms with Gasteiger partial charge in [-0.05, 0) is 95.4 Å². The third kappa shape index (κ3) is 24.2. The van der Waals surface area contributed by atoms with Crippen LogP contribution in [0.1, 0.15) is 138 Å². The number of carbonyl (C=O) groups excluding carboxylic acids is 11. The second-order valence-electron chi connectivity index (χ2n) is 22.4. The summed E-state index contributed by atoms with van der Waals surface area (Å²) >= 11 is 0. The molecule has 2 fully saturated rings. The number of carboxylic acids is 4. The molecule has 0 aromatic rings. The second-order valence-corrected chi connectivity index (χ2v) is 22.4. The van der Waals surface area contributed by atoms with Crippen molar-refractivity contribution in [2.45, 2.75) is 205 Å². The number of hydrogen-bond acceptors (Lipinski definition) is 17.